The molecule has 5 heteroatoms. The Morgan fingerprint density at radius 2 is 1.82 bits per heavy atom. The Labute approximate surface area is 103 Å². The van der Waals surface area contributed by atoms with Gasteiger partial charge in [0.2, 0.25) is 11.8 Å². The van der Waals surface area contributed by atoms with Crippen molar-refractivity contribution in [1.29, 1.82) is 0 Å². The number of carbonyl (C=O) groups excluding carboxylic acids is 2. The lowest BCUT2D eigenvalue weighted by Crippen LogP contribution is -2.42. The number of amides is 2. The molecule has 0 bridgehead atoms. The van der Waals surface area contributed by atoms with Gasteiger partial charge in [-0.3, -0.25) is 9.59 Å². The number of rotatable bonds is 6. The van der Waals surface area contributed by atoms with E-state index in [0.717, 1.165) is 12.8 Å². The van der Waals surface area contributed by atoms with Crippen LogP contribution >= 0.6 is 0 Å². The lowest BCUT2D eigenvalue weighted by molar-refractivity contribution is -0.126. The molecule has 1 fully saturated rings. The molecule has 5 nitrogen and oxygen atoms in total. The van der Waals surface area contributed by atoms with Crippen molar-refractivity contribution in [1.82, 2.24) is 10.6 Å². The maximum absolute atomic E-state index is 11.5. The largest absolute Gasteiger partial charge is 0.352 e. The third-order valence-corrected chi connectivity index (χ3v) is 3.02. The van der Waals surface area contributed by atoms with E-state index < -0.39 is 0 Å². The Kier molecular flexibility index (Phi) is 6.62. The van der Waals surface area contributed by atoms with E-state index in [9.17, 15) is 9.59 Å². The van der Waals surface area contributed by atoms with Crippen molar-refractivity contribution in [3.05, 3.63) is 0 Å². The van der Waals surface area contributed by atoms with E-state index in [0.29, 0.717) is 25.4 Å². The SMILES string of the molecule is NCCCC(=O)NCC(=O)NC1CCCCC1. The molecule has 0 saturated heterocycles. The first-order chi connectivity index (χ1) is 8.22. The first kappa shape index (κ1) is 14.0. The van der Waals surface area contributed by atoms with Crippen LogP contribution in [0, 0.1) is 0 Å². The van der Waals surface area contributed by atoms with Crippen LogP contribution in [0.25, 0.3) is 0 Å². The highest BCUT2D eigenvalue weighted by atomic mass is 16.2. The van der Waals surface area contributed by atoms with Gasteiger partial charge in [0.15, 0.2) is 0 Å². The van der Waals surface area contributed by atoms with Crippen molar-refractivity contribution in [2.75, 3.05) is 13.1 Å². The monoisotopic (exact) mass is 241 g/mol. The minimum Gasteiger partial charge on any atom is -0.352 e. The molecule has 0 aromatic rings. The summed E-state index contributed by atoms with van der Waals surface area (Å²) in [5, 5.41) is 5.55. The summed E-state index contributed by atoms with van der Waals surface area (Å²) in [7, 11) is 0. The van der Waals surface area contributed by atoms with Gasteiger partial charge < -0.3 is 16.4 Å². The first-order valence-electron chi connectivity index (χ1n) is 6.48. The number of hydrogen-bond donors (Lipinski definition) is 3. The molecule has 0 spiro atoms. The van der Waals surface area contributed by atoms with Crippen LogP contribution in [0.3, 0.4) is 0 Å². The van der Waals surface area contributed by atoms with E-state index in [1.807, 2.05) is 0 Å². The third-order valence-electron chi connectivity index (χ3n) is 3.02. The fourth-order valence-electron chi connectivity index (χ4n) is 2.06. The highest BCUT2D eigenvalue weighted by Gasteiger charge is 2.15. The Balaban J connectivity index is 2.09. The van der Waals surface area contributed by atoms with Gasteiger partial charge in [-0.2, -0.15) is 0 Å². The average Bonchev–Trinajstić information content (AvgIpc) is 2.35. The fourth-order valence-corrected chi connectivity index (χ4v) is 2.06. The molecule has 17 heavy (non-hydrogen) atoms. The molecule has 0 radical (unpaired) electrons. The van der Waals surface area contributed by atoms with Crippen LogP contribution in [-0.2, 0) is 9.59 Å². The molecule has 0 aromatic heterocycles. The van der Waals surface area contributed by atoms with Crippen molar-refractivity contribution in [2.24, 2.45) is 5.73 Å². The van der Waals surface area contributed by atoms with Crippen LogP contribution in [0.15, 0.2) is 0 Å². The fraction of sp³-hybridized carbons (Fsp3) is 0.833. The van der Waals surface area contributed by atoms with Crippen LogP contribution < -0.4 is 16.4 Å². The predicted molar refractivity (Wildman–Crippen MR) is 66.3 cm³/mol. The van der Waals surface area contributed by atoms with Crippen LogP contribution in [0.5, 0.6) is 0 Å². The number of nitrogens with two attached hydrogens (primary N) is 1. The van der Waals surface area contributed by atoms with Gasteiger partial charge in [-0.15, -0.1) is 0 Å². The van der Waals surface area contributed by atoms with Gasteiger partial charge in [0.1, 0.15) is 0 Å². The van der Waals surface area contributed by atoms with E-state index in [1.165, 1.54) is 19.3 Å². The minimum absolute atomic E-state index is 0.0832. The van der Waals surface area contributed by atoms with Crippen molar-refractivity contribution in [2.45, 2.75) is 51.0 Å². The summed E-state index contributed by atoms with van der Waals surface area (Å²) < 4.78 is 0. The second kappa shape index (κ2) is 8.06. The molecule has 1 saturated carbocycles. The summed E-state index contributed by atoms with van der Waals surface area (Å²) in [6, 6.07) is 0.303. The molecule has 1 aliphatic carbocycles. The van der Waals surface area contributed by atoms with Crippen LogP contribution in [0.1, 0.15) is 44.9 Å². The summed E-state index contributed by atoms with van der Waals surface area (Å²) in [6.45, 7) is 0.585. The third kappa shape index (κ3) is 6.26. The van der Waals surface area contributed by atoms with E-state index >= 15 is 0 Å². The summed E-state index contributed by atoms with van der Waals surface area (Å²) in [5.74, 6) is -0.188. The number of hydrogen-bond acceptors (Lipinski definition) is 3. The van der Waals surface area contributed by atoms with Crippen molar-refractivity contribution in [3.8, 4) is 0 Å². The minimum atomic E-state index is -0.103. The molecular formula is C12H23N3O2. The molecule has 4 N–H and O–H groups in total. The van der Waals surface area contributed by atoms with Gasteiger partial charge in [-0.25, -0.2) is 0 Å². The van der Waals surface area contributed by atoms with E-state index in [2.05, 4.69) is 10.6 Å². The summed E-state index contributed by atoms with van der Waals surface area (Å²) in [6.07, 6.45) is 6.83. The van der Waals surface area contributed by atoms with Gasteiger partial charge >= 0.3 is 0 Å². The van der Waals surface area contributed by atoms with Crippen LogP contribution in [0.2, 0.25) is 0 Å². The zero-order chi connectivity index (χ0) is 12.5. The van der Waals surface area contributed by atoms with Gasteiger partial charge in [-0.05, 0) is 25.8 Å². The van der Waals surface area contributed by atoms with Crippen LogP contribution in [0.4, 0.5) is 0 Å². The van der Waals surface area contributed by atoms with E-state index in [4.69, 9.17) is 5.73 Å². The van der Waals surface area contributed by atoms with Gasteiger partial charge in [-0.1, -0.05) is 19.3 Å². The lowest BCUT2D eigenvalue weighted by atomic mass is 9.95. The Morgan fingerprint density at radius 3 is 2.47 bits per heavy atom. The second-order valence-corrected chi connectivity index (χ2v) is 4.57. The molecule has 0 atom stereocenters. The van der Waals surface area contributed by atoms with Crippen molar-refractivity contribution in [3.63, 3.8) is 0 Å². The smallest absolute Gasteiger partial charge is 0.239 e. The maximum atomic E-state index is 11.5. The molecule has 0 aromatic carbocycles. The summed E-state index contributed by atoms with van der Waals surface area (Å²) in [5.41, 5.74) is 5.30. The second-order valence-electron chi connectivity index (χ2n) is 4.57. The maximum Gasteiger partial charge on any atom is 0.239 e. The number of carbonyl (C=O) groups is 2. The molecule has 0 aliphatic heterocycles. The zero-order valence-corrected chi connectivity index (χ0v) is 10.3. The molecular weight excluding hydrogens is 218 g/mol. The topological polar surface area (TPSA) is 84.2 Å². The lowest BCUT2D eigenvalue weighted by Gasteiger charge is -2.22. The standard InChI is InChI=1S/C12H23N3O2/c13-8-4-7-11(16)14-9-12(17)15-10-5-2-1-3-6-10/h10H,1-9,13H2,(H,14,16)(H,15,17). The van der Waals surface area contributed by atoms with Gasteiger partial charge in [0.05, 0.1) is 6.54 Å². The van der Waals surface area contributed by atoms with Crippen molar-refractivity contribution >= 4 is 11.8 Å². The Hall–Kier alpha value is -1.10. The predicted octanol–water partition coefficient (Wildman–Crippen LogP) is 0.290. The zero-order valence-electron chi connectivity index (χ0n) is 10.3. The summed E-state index contributed by atoms with van der Waals surface area (Å²) in [4.78, 5) is 22.8. The van der Waals surface area contributed by atoms with E-state index in [-0.39, 0.29) is 18.4 Å². The molecule has 0 unspecified atom stereocenters. The van der Waals surface area contributed by atoms with Gasteiger partial charge in [0, 0.05) is 12.5 Å². The highest BCUT2D eigenvalue weighted by molar-refractivity contribution is 5.84. The first-order valence-corrected chi connectivity index (χ1v) is 6.48. The van der Waals surface area contributed by atoms with Crippen LogP contribution in [-0.4, -0.2) is 30.9 Å². The quantitative estimate of drug-likeness (QED) is 0.625. The number of nitrogens with one attached hydrogen (secondary N) is 2. The molecule has 98 valence electrons. The van der Waals surface area contributed by atoms with Crippen molar-refractivity contribution < 1.29 is 9.59 Å². The summed E-state index contributed by atoms with van der Waals surface area (Å²) >= 11 is 0. The van der Waals surface area contributed by atoms with E-state index in [1.54, 1.807) is 0 Å². The normalized spacial score (nSPS) is 16.5. The highest BCUT2D eigenvalue weighted by Crippen LogP contribution is 2.16. The average molecular weight is 241 g/mol. The molecule has 2 amide bonds. The Morgan fingerprint density at radius 1 is 1.12 bits per heavy atom. The Bertz CT molecular complexity index is 250. The van der Waals surface area contributed by atoms with Gasteiger partial charge in [0.25, 0.3) is 0 Å². The molecule has 1 rings (SSSR count). The molecule has 0 heterocycles. The molecule has 1 aliphatic rings.